The summed E-state index contributed by atoms with van der Waals surface area (Å²) in [5, 5.41) is 14.1. The number of cyclic esters (lactones) is 1. The highest BCUT2D eigenvalue weighted by Gasteiger charge is 2.43. The Morgan fingerprint density at radius 3 is 2.85 bits per heavy atom. The maximum atomic E-state index is 15.1. The van der Waals surface area contributed by atoms with Crippen LogP contribution in [-0.4, -0.2) is 74.9 Å². The van der Waals surface area contributed by atoms with Gasteiger partial charge in [0, 0.05) is 28.2 Å². The molecule has 39 heavy (non-hydrogen) atoms. The summed E-state index contributed by atoms with van der Waals surface area (Å²) in [5.41, 5.74) is 2.24. The molecule has 1 amide bonds. The van der Waals surface area contributed by atoms with E-state index in [0.717, 1.165) is 6.20 Å². The van der Waals surface area contributed by atoms with E-state index in [1.165, 1.54) is 0 Å². The Bertz CT molecular complexity index is 1510. The number of carbonyl (C=O) groups is 1. The second kappa shape index (κ2) is 9.85. The lowest BCUT2D eigenvalue weighted by Crippen LogP contribution is -2.48. The molecule has 3 aromatic rings. The minimum atomic E-state index is -0.920. The lowest BCUT2D eigenvalue weighted by molar-refractivity contribution is -0.156. The standard InChI is InChI=1S/C27H30FN5O6/c1-13(2)33-20-8-15(4-5-17(20)23(34)14(3)21(33)11-32-6-7-37-27(32)36)22-18(28)10-29-26(31-22)30-19-9-16-12-38-25(39-16)24(19)35/h4-5,8,10,13,16,19,24-25,35H,6-7,9,11-12H2,1-3H3,(H,29,30,31)/t16-,19+,24-,25+/m0/s1. The number of benzene rings is 1. The smallest absolute Gasteiger partial charge is 0.410 e. The Balaban J connectivity index is 1.40. The van der Waals surface area contributed by atoms with Gasteiger partial charge in [-0.15, -0.1) is 0 Å². The van der Waals surface area contributed by atoms with Crippen molar-refractivity contribution in [3.05, 3.63) is 51.7 Å². The molecule has 3 saturated heterocycles. The second-order valence-electron chi connectivity index (χ2n) is 10.5. The number of nitrogens with one attached hydrogen (secondary N) is 1. The Morgan fingerprint density at radius 2 is 2.10 bits per heavy atom. The Morgan fingerprint density at radius 1 is 1.28 bits per heavy atom. The lowest BCUT2D eigenvalue weighted by atomic mass is 10.0. The van der Waals surface area contributed by atoms with Gasteiger partial charge in [0.2, 0.25) is 5.95 Å². The first-order valence-electron chi connectivity index (χ1n) is 13.0. The number of carbonyl (C=O) groups excluding carboxylic acids is 1. The zero-order valence-corrected chi connectivity index (χ0v) is 21.9. The number of anilines is 1. The van der Waals surface area contributed by atoms with Crippen molar-refractivity contribution in [1.82, 2.24) is 19.4 Å². The van der Waals surface area contributed by atoms with E-state index in [2.05, 4.69) is 15.3 Å². The van der Waals surface area contributed by atoms with Crippen molar-refractivity contribution >= 4 is 22.9 Å². The van der Waals surface area contributed by atoms with Crippen molar-refractivity contribution in [1.29, 1.82) is 0 Å². The maximum Gasteiger partial charge on any atom is 0.410 e. The molecule has 12 heteroatoms. The van der Waals surface area contributed by atoms with E-state index >= 15 is 4.39 Å². The molecular formula is C27H30FN5O6. The van der Waals surface area contributed by atoms with Gasteiger partial charge in [-0.25, -0.2) is 19.2 Å². The number of pyridine rings is 1. The summed E-state index contributed by atoms with van der Waals surface area (Å²) in [4.78, 5) is 35.6. The minimum Gasteiger partial charge on any atom is -0.448 e. The number of halogens is 1. The van der Waals surface area contributed by atoms with Gasteiger partial charge in [0.05, 0.1) is 43.6 Å². The van der Waals surface area contributed by atoms with Crippen molar-refractivity contribution in [2.45, 2.75) is 64.3 Å². The molecule has 3 aliphatic heterocycles. The summed E-state index contributed by atoms with van der Waals surface area (Å²) in [6.45, 7) is 7.13. The molecule has 2 bridgehead atoms. The van der Waals surface area contributed by atoms with E-state index in [-0.39, 0.29) is 35.8 Å². The SMILES string of the molecule is Cc1c(CN2CCOC2=O)n(C(C)C)c2cc(-c3nc(N[C@@H]4C[C@H]5CO[C@H](O5)[C@H]4O)ncc3F)ccc2c1=O. The number of aliphatic hydroxyl groups excluding tert-OH is 1. The molecule has 2 aromatic heterocycles. The molecule has 6 rings (SSSR count). The van der Waals surface area contributed by atoms with Crippen molar-refractivity contribution in [3.8, 4) is 11.3 Å². The van der Waals surface area contributed by atoms with Gasteiger partial charge in [-0.2, -0.15) is 0 Å². The van der Waals surface area contributed by atoms with Crippen LogP contribution in [0.2, 0.25) is 0 Å². The number of nitrogens with zero attached hydrogens (tertiary/aromatic N) is 4. The summed E-state index contributed by atoms with van der Waals surface area (Å²) in [6, 6.07) is 4.61. The first kappa shape index (κ1) is 25.7. The van der Waals surface area contributed by atoms with Gasteiger partial charge >= 0.3 is 6.09 Å². The van der Waals surface area contributed by atoms with E-state index in [0.29, 0.717) is 53.9 Å². The van der Waals surface area contributed by atoms with Crippen LogP contribution in [0.15, 0.2) is 29.2 Å². The van der Waals surface area contributed by atoms with Crippen LogP contribution in [0, 0.1) is 12.7 Å². The second-order valence-corrected chi connectivity index (χ2v) is 10.5. The first-order valence-corrected chi connectivity index (χ1v) is 13.0. The molecule has 0 aliphatic carbocycles. The molecule has 5 heterocycles. The summed E-state index contributed by atoms with van der Waals surface area (Å²) >= 11 is 0. The van der Waals surface area contributed by atoms with Gasteiger partial charge in [-0.05, 0) is 39.3 Å². The normalized spacial score (nSPS) is 24.6. The van der Waals surface area contributed by atoms with Crippen LogP contribution < -0.4 is 10.7 Å². The van der Waals surface area contributed by atoms with Gasteiger partial charge in [0.25, 0.3) is 0 Å². The van der Waals surface area contributed by atoms with Gasteiger partial charge in [0.1, 0.15) is 18.4 Å². The lowest BCUT2D eigenvalue weighted by Gasteiger charge is -2.32. The number of aromatic nitrogens is 3. The molecule has 2 N–H and O–H groups in total. The van der Waals surface area contributed by atoms with Gasteiger partial charge < -0.3 is 29.2 Å². The molecule has 3 aliphatic rings. The molecule has 4 atom stereocenters. The number of hydrogen-bond acceptors (Lipinski definition) is 9. The Kier molecular flexibility index (Phi) is 6.48. The largest absolute Gasteiger partial charge is 0.448 e. The first-order chi connectivity index (χ1) is 18.7. The molecule has 0 spiro atoms. The number of aliphatic hydroxyl groups is 1. The predicted molar refractivity (Wildman–Crippen MR) is 139 cm³/mol. The quantitative estimate of drug-likeness (QED) is 0.486. The van der Waals surface area contributed by atoms with Crippen LogP contribution >= 0.6 is 0 Å². The number of rotatable bonds is 6. The summed E-state index contributed by atoms with van der Waals surface area (Å²) in [5.74, 6) is -0.461. The third kappa shape index (κ3) is 4.52. The zero-order valence-electron chi connectivity index (χ0n) is 21.9. The van der Waals surface area contributed by atoms with E-state index in [4.69, 9.17) is 14.2 Å². The highest BCUT2D eigenvalue weighted by atomic mass is 19.1. The molecule has 1 aromatic carbocycles. The summed E-state index contributed by atoms with van der Waals surface area (Å²) < 4.78 is 33.2. The monoisotopic (exact) mass is 539 g/mol. The van der Waals surface area contributed by atoms with Crippen LogP contribution in [-0.2, 0) is 20.8 Å². The number of amides is 1. The molecule has 0 unspecified atom stereocenters. The van der Waals surface area contributed by atoms with Crippen LogP contribution in [0.3, 0.4) is 0 Å². The van der Waals surface area contributed by atoms with E-state index in [1.54, 1.807) is 30.0 Å². The summed E-state index contributed by atoms with van der Waals surface area (Å²) in [6.07, 6.45) is -0.601. The Labute approximate surface area is 223 Å². The van der Waals surface area contributed by atoms with Crippen molar-refractivity contribution in [2.75, 3.05) is 25.1 Å². The maximum absolute atomic E-state index is 15.1. The van der Waals surface area contributed by atoms with Crippen LogP contribution in [0.1, 0.15) is 37.6 Å². The fourth-order valence-electron chi connectivity index (χ4n) is 5.60. The molecule has 206 valence electrons. The van der Waals surface area contributed by atoms with Crippen LogP contribution in [0.4, 0.5) is 15.1 Å². The average molecular weight is 540 g/mol. The summed E-state index contributed by atoms with van der Waals surface area (Å²) in [7, 11) is 0. The average Bonchev–Trinajstić information content (AvgIpc) is 3.52. The van der Waals surface area contributed by atoms with Gasteiger partial charge in [-0.1, -0.05) is 6.07 Å². The number of ether oxygens (including phenoxy) is 3. The van der Waals surface area contributed by atoms with Crippen molar-refractivity contribution in [2.24, 2.45) is 0 Å². The fraction of sp³-hybridized carbons (Fsp3) is 0.481. The molecular weight excluding hydrogens is 509 g/mol. The fourth-order valence-corrected chi connectivity index (χ4v) is 5.60. The van der Waals surface area contributed by atoms with E-state index in [1.807, 2.05) is 18.4 Å². The van der Waals surface area contributed by atoms with E-state index < -0.39 is 30.3 Å². The van der Waals surface area contributed by atoms with Crippen LogP contribution in [0.5, 0.6) is 0 Å². The minimum absolute atomic E-state index is 0.0585. The van der Waals surface area contributed by atoms with Gasteiger partial charge in [0.15, 0.2) is 17.5 Å². The third-order valence-corrected chi connectivity index (χ3v) is 7.58. The molecule has 0 radical (unpaired) electrons. The number of fused-ring (bicyclic) bond motifs is 3. The topological polar surface area (TPSA) is 128 Å². The van der Waals surface area contributed by atoms with E-state index in [9.17, 15) is 14.7 Å². The highest BCUT2D eigenvalue weighted by molar-refractivity contribution is 5.85. The predicted octanol–water partition coefficient (Wildman–Crippen LogP) is 2.73. The number of hydrogen-bond donors (Lipinski definition) is 2. The molecule has 11 nitrogen and oxygen atoms in total. The molecule has 3 fully saturated rings. The van der Waals surface area contributed by atoms with Crippen molar-refractivity contribution < 1.29 is 28.5 Å². The van der Waals surface area contributed by atoms with Crippen molar-refractivity contribution in [3.63, 3.8) is 0 Å². The highest BCUT2D eigenvalue weighted by Crippen LogP contribution is 2.31. The Hall–Kier alpha value is -3.61. The van der Waals surface area contributed by atoms with Crippen LogP contribution in [0.25, 0.3) is 22.2 Å². The zero-order chi connectivity index (χ0) is 27.4. The molecule has 0 saturated carbocycles. The third-order valence-electron chi connectivity index (χ3n) is 7.58. The van der Waals surface area contributed by atoms with Gasteiger partial charge in [-0.3, -0.25) is 9.69 Å².